The molecule has 0 heterocycles. The van der Waals surface area contributed by atoms with Gasteiger partial charge in [0.05, 0.1) is 11.8 Å². The molecule has 0 bridgehead atoms. The highest BCUT2D eigenvalue weighted by Gasteiger charge is 2.36. The van der Waals surface area contributed by atoms with E-state index in [2.05, 4.69) is 5.32 Å². The van der Waals surface area contributed by atoms with Gasteiger partial charge in [-0.1, -0.05) is 19.8 Å². The average Bonchev–Trinajstić information content (AvgIpc) is 2.38. The maximum atomic E-state index is 12.1. The molecule has 1 unspecified atom stereocenters. The molecule has 1 saturated carbocycles. The van der Waals surface area contributed by atoms with Crippen LogP contribution in [-0.4, -0.2) is 34.7 Å². The summed E-state index contributed by atoms with van der Waals surface area (Å²) in [5.74, 6) is -2.00. The first-order valence-corrected chi connectivity index (χ1v) is 6.74. The van der Waals surface area contributed by atoms with Gasteiger partial charge in [0.2, 0.25) is 5.91 Å². The SMILES string of the molecule is CCC(CCO)NC(=O)[C@@H]1CCCC[C@@H]1C(=O)O. The summed E-state index contributed by atoms with van der Waals surface area (Å²) in [6, 6.07) is -0.0566. The lowest BCUT2D eigenvalue weighted by molar-refractivity contribution is -0.149. The van der Waals surface area contributed by atoms with Gasteiger partial charge in [-0.05, 0) is 25.7 Å². The zero-order chi connectivity index (χ0) is 13.5. The first-order valence-electron chi connectivity index (χ1n) is 6.74. The molecule has 0 aromatic carbocycles. The van der Waals surface area contributed by atoms with Gasteiger partial charge < -0.3 is 15.5 Å². The van der Waals surface area contributed by atoms with Crippen LogP contribution < -0.4 is 5.32 Å². The molecule has 0 radical (unpaired) electrons. The molecular formula is C13H23NO4. The van der Waals surface area contributed by atoms with Crippen molar-refractivity contribution in [1.29, 1.82) is 0 Å². The number of aliphatic hydroxyl groups is 1. The number of carbonyl (C=O) groups excluding carboxylic acids is 1. The van der Waals surface area contributed by atoms with Gasteiger partial charge in [0.1, 0.15) is 0 Å². The van der Waals surface area contributed by atoms with Crippen LogP contribution >= 0.6 is 0 Å². The van der Waals surface area contributed by atoms with E-state index in [1.165, 1.54) is 0 Å². The van der Waals surface area contributed by atoms with Gasteiger partial charge in [0.15, 0.2) is 0 Å². The fourth-order valence-corrected chi connectivity index (χ4v) is 2.58. The van der Waals surface area contributed by atoms with E-state index in [4.69, 9.17) is 10.2 Å². The summed E-state index contributed by atoms with van der Waals surface area (Å²) in [6.07, 6.45) is 4.30. The normalized spacial score (nSPS) is 25.4. The van der Waals surface area contributed by atoms with Crippen LogP contribution in [0.15, 0.2) is 0 Å². The van der Waals surface area contributed by atoms with Gasteiger partial charge in [-0.15, -0.1) is 0 Å². The van der Waals surface area contributed by atoms with Crippen molar-refractivity contribution in [3.05, 3.63) is 0 Å². The molecule has 1 aliphatic carbocycles. The third-order valence-electron chi connectivity index (χ3n) is 3.74. The molecule has 0 aromatic heterocycles. The van der Waals surface area contributed by atoms with Crippen LogP contribution in [-0.2, 0) is 9.59 Å². The Kier molecular flexibility index (Phi) is 6.12. The summed E-state index contributed by atoms with van der Waals surface area (Å²) in [5, 5.41) is 20.9. The topological polar surface area (TPSA) is 86.6 Å². The second-order valence-electron chi connectivity index (χ2n) is 4.96. The standard InChI is InChI=1S/C13H23NO4/c1-2-9(7-8-15)14-12(16)10-5-3-4-6-11(10)13(17)18/h9-11,15H,2-8H2,1H3,(H,14,16)(H,17,18)/t9?,10-,11+/m1/s1. The van der Waals surface area contributed by atoms with Crippen LogP contribution in [0.3, 0.4) is 0 Å². The lowest BCUT2D eigenvalue weighted by Gasteiger charge is -2.29. The smallest absolute Gasteiger partial charge is 0.307 e. The van der Waals surface area contributed by atoms with Crippen molar-refractivity contribution in [1.82, 2.24) is 5.32 Å². The third-order valence-corrected chi connectivity index (χ3v) is 3.74. The lowest BCUT2D eigenvalue weighted by Crippen LogP contribution is -2.44. The number of hydrogen-bond acceptors (Lipinski definition) is 3. The lowest BCUT2D eigenvalue weighted by atomic mass is 9.78. The number of carboxylic acid groups (broad SMARTS) is 1. The number of amides is 1. The van der Waals surface area contributed by atoms with E-state index in [1.54, 1.807) is 0 Å². The molecule has 0 aromatic rings. The molecule has 18 heavy (non-hydrogen) atoms. The zero-order valence-corrected chi connectivity index (χ0v) is 10.9. The molecule has 104 valence electrons. The molecule has 1 fully saturated rings. The van der Waals surface area contributed by atoms with Gasteiger partial charge >= 0.3 is 5.97 Å². The Morgan fingerprint density at radius 1 is 1.28 bits per heavy atom. The van der Waals surface area contributed by atoms with Crippen LogP contribution in [0.1, 0.15) is 45.4 Å². The van der Waals surface area contributed by atoms with E-state index in [0.29, 0.717) is 19.3 Å². The molecule has 0 aliphatic heterocycles. The number of rotatable bonds is 6. The summed E-state index contributed by atoms with van der Waals surface area (Å²) in [5.41, 5.74) is 0. The summed E-state index contributed by atoms with van der Waals surface area (Å²) in [7, 11) is 0. The predicted molar refractivity (Wildman–Crippen MR) is 67.0 cm³/mol. The van der Waals surface area contributed by atoms with Crippen LogP contribution in [0.4, 0.5) is 0 Å². The van der Waals surface area contributed by atoms with Crippen LogP contribution in [0.2, 0.25) is 0 Å². The number of aliphatic carboxylic acids is 1. The van der Waals surface area contributed by atoms with Crippen molar-refractivity contribution >= 4 is 11.9 Å². The second kappa shape index (κ2) is 7.36. The number of hydrogen-bond donors (Lipinski definition) is 3. The fraction of sp³-hybridized carbons (Fsp3) is 0.846. The molecule has 1 rings (SSSR count). The Hall–Kier alpha value is -1.10. The quantitative estimate of drug-likeness (QED) is 0.666. The van der Waals surface area contributed by atoms with Crippen molar-refractivity contribution in [3.63, 3.8) is 0 Å². The molecule has 3 atom stereocenters. The van der Waals surface area contributed by atoms with Crippen molar-refractivity contribution in [2.75, 3.05) is 6.61 Å². The van der Waals surface area contributed by atoms with Crippen LogP contribution in [0.5, 0.6) is 0 Å². The largest absolute Gasteiger partial charge is 0.481 e. The minimum Gasteiger partial charge on any atom is -0.481 e. The monoisotopic (exact) mass is 257 g/mol. The number of aliphatic hydroxyl groups excluding tert-OH is 1. The van der Waals surface area contributed by atoms with Crippen LogP contribution in [0.25, 0.3) is 0 Å². The van der Waals surface area contributed by atoms with Crippen molar-refractivity contribution in [2.45, 2.75) is 51.5 Å². The maximum absolute atomic E-state index is 12.1. The predicted octanol–water partition coefficient (Wildman–Crippen LogP) is 1.15. The van der Waals surface area contributed by atoms with Gasteiger partial charge in [-0.25, -0.2) is 0 Å². The molecule has 1 aliphatic rings. The summed E-state index contributed by atoms with van der Waals surface area (Å²) in [4.78, 5) is 23.2. The van der Waals surface area contributed by atoms with Crippen LogP contribution in [0, 0.1) is 11.8 Å². The molecule has 0 saturated heterocycles. The van der Waals surface area contributed by atoms with Gasteiger partial charge in [0.25, 0.3) is 0 Å². The first-order chi connectivity index (χ1) is 8.60. The third kappa shape index (κ3) is 3.98. The van der Waals surface area contributed by atoms with E-state index in [1.807, 2.05) is 6.92 Å². The highest BCUT2D eigenvalue weighted by atomic mass is 16.4. The number of nitrogens with one attached hydrogen (secondary N) is 1. The van der Waals surface area contributed by atoms with Crippen molar-refractivity contribution in [3.8, 4) is 0 Å². The molecule has 3 N–H and O–H groups in total. The molecule has 1 amide bonds. The first kappa shape index (κ1) is 15.0. The van der Waals surface area contributed by atoms with E-state index in [-0.39, 0.29) is 18.6 Å². The molecular weight excluding hydrogens is 234 g/mol. The Balaban J connectivity index is 2.59. The molecule has 0 spiro atoms. The Morgan fingerprint density at radius 2 is 1.89 bits per heavy atom. The second-order valence-corrected chi connectivity index (χ2v) is 4.96. The summed E-state index contributed by atoms with van der Waals surface area (Å²) < 4.78 is 0. The van der Waals surface area contributed by atoms with E-state index >= 15 is 0 Å². The Morgan fingerprint density at radius 3 is 2.39 bits per heavy atom. The maximum Gasteiger partial charge on any atom is 0.307 e. The fourth-order valence-electron chi connectivity index (χ4n) is 2.58. The molecule has 5 heteroatoms. The number of carbonyl (C=O) groups is 2. The Labute approximate surface area is 108 Å². The van der Waals surface area contributed by atoms with Gasteiger partial charge in [-0.2, -0.15) is 0 Å². The highest BCUT2D eigenvalue weighted by molar-refractivity contribution is 5.85. The summed E-state index contributed by atoms with van der Waals surface area (Å²) in [6.45, 7) is 1.97. The Bertz CT molecular complexity index is 293. The average molecular weight is 257 g/mol. The molecule has 5 nitrogen and oxygen atoms in total. The zero-order valence-electron chi connectivity index (χ0n) is 10.9. The van der Waals surface area contributed by atoms with Crippen molar-refractivity contribution < 1.29 is 19.8 Å². The van der Waals surface area contributed by atoms with E-state index < -0.39 is 17.8 Å². The number of carboxylic acids is 1. The highest BCUT2D eigenvalue weighted by Crippen LogP contribution is 2.30. The van der Waals surface area contributed by atoms with Crippen molar-refractivity contribution in [2.24, 2.45) is 11.8 Å². The van der Waals surface area contributed by atoms with Gasteiger partial charge in [-0.3, -0.25) is 9.59 Å². The summed E-state index contributed by atoms with van der Waals surface area (Å²) >= 11 is 0. The minimum absolute atomic E-state index is 0.0335. The van der Waals surface area contributed by atoms with E-state index in [9.17, 15) is 9.59 Å². The minimum atomic E-state index is -0.870. The van der Waals surface area contributed by atoms with Gasteiger partial charge in [0, 0.05) is 12.6 Å². The van der Waals surface area contributed by atoms with E-state index in [0.717, 1.165) is 19.3 Å².